The zero-order valence-electron chi connectivity index (χ0n) is 11.0. The molecule has 106 valence electrons. The number of rotatable bonds is 2. The third-order valence-corrected chi connectivity index (χ3v) is 4.09. The molecular weight excluding hydrogens is 266 g/mol. The fraction of sp³-hybridized carbons (Fsp3) is 0.429. The van der Waals surface area contributed by atoms with Crippen LogP contribution in [-0.4, -0.2) is 41.8 Å². The third-order valence-electron chi connectivity index (χ3n) is 4.09. The summed E-state index contributed by atoms with van der Waals surface area (Å²) in [4.78, 5) is 26.7. The van der Waals surface area contributed by atoms with Crippen molar-refractivity contribution < 1.29 is 18.4 Å². The molecule has 2 atom stereocenters. The minimum Gasteiger partial charge on any atom is -0.297 e. The van der Waals surface area contributed by atoms with Crippen molar-refractivity contribution in [3.63, 3.8) is 0 Å². The molecule has 1 aromatic carbocycles. The Bertz CT molecular complexity index is 567. The number of hydrogen-bond donors (Lipinski definition) is 0. The van der Waals surface area contributed by atoms with Crippen molar-refractivity contribution in [2.75, 3.05) is 20.1 Å². The Hall–Kier alpha value is -1.82. The average molecular weight is 280 g/mol. The Morgan fingerprint density at radius 1 is 1.15 bits per heavy atom. The Balaban J connectivity index is 1.75. The molecule has 20 heavy (non-hydrogen) atoms. The van der Waals surface area contributed by atoms with E-state index in [4.69, 9.17) is 0 Å². The van der Waals surface area contributed by atoms with E-state index in [0.29, 0.717) is 13.1 Å². The molecule has 2 heterocycles. The van der Waals surface area contributed by atoms with Gasteiger partial charge in [-0.3, -0.25) is 19.4 Å². The number of halogens is 2. The van der Waals surface area contributed by atoms with Gasteiger partial charge in [0.15, 0.2) is 0 Å². The number of benzene rings is 1. The minimum atomic E-state index is -0.493. The van der Waals surface area contributed by atoms with Crippen LogP contribution in [-0.2, 0) is 16.1 Å². The molecule has 2 saturated heterocycles. The van der Waals surface area contributed by atoms with Gasteiger partial charge in [0, 0.05) is 32.2 Å². The van der Waals surface area contributed by atoms with Crippen LogP contribution in [0.2, 0.25) is 0 Å². The first-order valence-electron chi connectivity index (χ1n) is 6.45. The second-order valence-electron chi connectivity index (χ2n) is 5.38. The summed E-state index contributed by atoms with van der Waals surface area (Å²) in [5, 5.41) is 0. The van der Waals surface area contributed by atoms with Crippen molar-refractivity contribution in [1.82, 2.24) is 9.80 Å². The lowest BCUT2D eigenvalue weighted by atomic mass is 10.00. The number of carbonyl (C=O) groups is 2. The number of nitrogens with zero attached hydrogens (tertiary/aromatic N) is 2. The molecule has 1 aromatic rings. The van der Waals surface area contributed by atoms with Crippen LogP contribution < -0.4 is 0 Å². The molecular formula is C14H14F2N2O2. The van der Waals surface area contributed by atoms with Crippen molar-refractivity contribution in [3.05, 3.63) is 35.4 Å². The Labute approximate surface area is 115 Å². The molecule has 2 aliphatic heterocycles. The van der Waals surface area contributed by atoms with Crippen molar-refractivity contribution in [3.8, 4) is 0 Å². The Kier molecular flexibility index (Phi) is 3.05. The van der Waals surface area contributed by atoms with Crippen LogP contribution in [0.5, 0.6) is 0 Å². The van der Waals surface area contributed by atoms with Gasteiger partial charge in [0.1, 0.15) is 11.6 Å². The molecule has 0 radical (unpaired) electrons. The number of carbonyl (C=O) groups excluding carboxylic acids is 2. The number of likely N-dealkylation sites (tertiary alicyclic amines) is 2. The summed E-state index contributed by atoms with van der Waals surface area (Å²) in [5.41, 5.74) is 0.248. The molecule has 0 N–H and O–H groups in total. The first kappa shape index (κ1) is 13.2. The van der Waals surface area contributed by atoms with Gasteiger partial charge in [-0.2, -0.15) is 0 Å². The van der Waals surface area contributed by atoms with E-state index >= 15 is 0 Å². The monoisotopic (exact) mass is 280 g/mol. The normalized spacial score (nSPS) is 26.4. The van der Waals surface area contributed by atoms with Crippen LogP contribution in [0.15, 0.2) is 18.2 Å². The number of imide groups is 1. The number of fused-ring (bicyclic) bond motifs is 1. The maximum atomic E-state index is 13.6. The third kappa shape index (κ3) is 2.00. The highest BCUT2D eigenvalue weighted by Crippen LogP contribution is 2.33. The predicted octanol–water partition coefficient (Wildman–Crippen LogP) is 1.01. The highest BCUT2D eigenvalue weighted by molar-refractivity contribution is 6.05. The van der Waals surface area contributed by atoms with Crippen LogP contribution in [0.1, 0.15) is 5.56 Å². The van der Waals surface area contributed by atoms with E-state index in [1.54, 1.807) is 0 Å². The molecule has 2 aliphatic rings. The highest BCUT2D eigenvalue weighted by atomic mass is 19.1. The molecule has 0 aliphatic carbocycles. The molecule has 4 nitrogen and oxygen atoms in total. The van der Waals surface area contributed by atoms with Crippen molar-refractivity contribution in [2.24, 2.45) is 11.8 Å². The van der Waals surface area contributed by atoms with Gasteiger partial charge < -0.3 is 0 Å². The van der Waals surface area contributed by atoms with Gasteiger partial charge in [-0.25, -0.2) is 8.78 Å². The predicted molar refractivity (Wildman–Crippen MR) is 66.4 cm³/mol. The molecule has 0 saturated carbocycles. The molecule has 6 heteroatoms. The molecule has 3 rings (SSSR count). The lowest BCUT2D eigenvalue weighted by molar-refractivity contribution is -0.138. The number of hydrogen-bond acceptors (Lipinski definition) is 3. The SMILES string of the molecule is CN1C(=O)C2CN(Cc3cc(F)ccc3F)CC2C1=O. The summed E-state index contributed by atoms with van der Waals surface area (Å²) in [5.74, 6) is -2.01. The topological polar surface area (TPSA) is 40.6 Å². The van der Waals surface area contributed by atoms with E-state index in [1.807, 2.05) is 4.90 Å². The second kappa shape index (κ2) is 4.63. The van der Waals surface area contributed by atoms with Gasteiger partial charge in [0.2, 0.25) is 11.8 Å². The fourth-order valence-corrected chi connectivity index (χ4v) is 3.03. The van der Waals surface area contributed by atoms with Crippen molar-refractivity contribution in [1.29, 1.82) is 0 Å². The molecule has 2 unspecified atom stereocenters. The summed E-state index contributed by atoms with van der Waals surface area (Å²) in [6.07, 6.45) is 0. The van der Waals surface area contributed by atoms with Crippen LogP contribution in [0.25, 0.3) is 0 Å². The Morgan fingerprint density at radius 2 is 1.75 bits per heavy atom. The van der Waals surface area contributed by atoms with Gasteiger partial charge in [0.25, 0.3) is 0 Å². The molecule has 2 amide bonds. The lowest BCUT2D eigenvalue weighted by Crippen LogP contribution is -2.33. The summed E-state index contributed by atoms with van der Waals surface area (Å²) in [6.45, 7) is 1.03. The summed E-state index contributed by atoms with van der Waals surface area (Å²) in [7, 11) is 1.49. The zero-order valence-corrected chi connectivity index (χ0v) is 11.0. The second-order valence-corrected chi connectivity index (χ2v) is 5.38. The smallest absolute Gasteiger partial charge is 0.234 e. The first-order chi connectivity index (χ1) is 9.47. The van der Waals surface area contributed by atoms with Crippen LogP contribution in [0.4, 0.5) is 8.78 Å². The van der Waals surface area contributed by atoms with Crippen LogP contribution in [0, 0.1) is 23.5 Å². The van der Waals surface area contributed by atoms with Crippen LogP contribution >= 0.6 is 0 Å². The molecule has 0 aromatic heterocycles. The maximum absolute atomic E-state index is 13.6. The van der Waals surface area contributed by atoms with Crippen molar-refractivity contribution >= 4 is 11.8 Å². The minimum absolute atomic E-state index is 0.179. The fourth-order valence-electron chi connectivity index (χ4n) is 3.03. The lowest BCUT2D eigenvalue weighted by Gasteiger charge is -2.18. The molecule has 2 fully saturated rings. The summed E-state index contributed by atoms with van der Waals surface area (Å²) in [6, 6.07) is 3.31. The quantitative estimate of drug-likeness (QED) is 0.759. The van der Waals surface area contributed by atoms with Crippen molar-refractivity contribution in [2.45, 2.75) is 6.54 Å². The van der Waals surface area contributed by atoms with E-state index < -0.39 is 11.6 Å². The van der Waals surface area contributed by atoms with E-state index in [0.717, 1.165) is 23.1 Å². The van der Waals surface area contributed by atoms with E-state index in [9.17, 15) is 18.4 Å². The van der Waals surface area contributed by atoms with E-state index in [2.05, 4.69) is 0 Å². The van der Waals surface area contributed by atoms with Gasteiger partial charge in [-0.1, -0.05) is 0 Å². The van der Waals surface area contributed by atoms with E-state index in [1.165, 1.54) is 7.05 Å². The standard InChI is InChI=1S/C14H14F2N2O2/c1-17-13(19)10-6-18(7-11(10)14(17)20)5-8-4-9(15)2-3-12(8)16/h2-4,10-11H,5-7H2,1H3. The number of amides is 2. The van der Waals surface area contributed by atoms with Gasteiger partial charge in [-0.05, 0) is 18.2 Å². The summed E-state index contributed by atoms with van der Waals surface area (Å²) < 4.78 is 26.7. The van der Waals surface area contributed by atoms with Gasteiger partial charge in [-0.15, -0.1) is 0 Å². The van der Waals surface area contributed by atoms with Crippen LogP contribution in [0.3, 0.4) is 0 Å². The van der Waals surface area contributed by atoms with Gasteiger partial charge in [0.05, 0.1) is 11.8 Å². The van der Waals surface area contributed by atoms with E-state index in [-0.39, 0.29) is 35.8 Å². The maximum Gasteiger partial charge on any atom is 0.234 e. The highest BCUT2D eigenvalue weighted by Gasteiger charge is 2.50. The van der Waals surface area contributed by atoms with Gasteiger partial charge >= 0.3 is 0 Å². The molecule has 0 spiro atoms. The first-order valence-corrected chi connectivity index (χ1v) is 6.45. The summed E-state index contributed by atoms with van der Waals surface area (Å²) >= 11 is 0. The largest absolute Gasteiger partial charge is 0.297 e. The average Bonchev–Trinajstić information content (AvgIpc) is 2.91. The molecule has 0 bridgehead atoms. The zero-order chi connectivity index (χ0) is 14.4. The Morgan fingerprint density at radius 3 is 2.35 bits per heavy atom.